The van der Waals surface area contributed by atoms with Crippen LogP contribution in [0.2, 0.25) is 0 Å². The van der Waals surface area contributed by atoms with E-state index in [0.29, 0.717) is 23.5 Å². The molecule has 214 valence electrons. The van der Waals surface area contributed by atoms with E-state index < -0.39 is 0 Å². The van der Waals surface area contributed by atoms with Gasteiger partial charge in [0.25, 0.3) is 0 Å². The average molecular weight is 507 g/mol. The summed E-state index contributed by atoms with van der Waals surface area (Å²) in [5.41, 5.74) is 0.715. The van der Waals surface area contributed by atoms with Gasteiger partial charge in [0.1, 0.15) is 0 Å². The molecule has 1 aliphatic carbocycles. The Kier molecular flexibility index (Phi) is 15.6. The topological polar surface area (TPSA) is 38.5 Å². The molecule has 2 aliphatic rings. The second kappa shape index (κ2) is 17.5. The predicted molar refractivity (Wildman–Crippen MR) is 158 cm³/mol. The Bertz CT molecular complexity index is 532. The lowest BCUT2D eigenvalue weighted by Gasteiger charge is -2.45. The van der Waals surface area contributed by atoms with Gasteiger partial charge in [-0.05, 0) is 61.7 Å². The van der Waals surface area contributed by atoms with Crippen molar-refractivity contribution in [2.75, 3.05) is 13.1 Å². The zero-order valence-electron chi connectivity index (χ0n) is 25.4. The van der Waals surface area contributed by atoms with Gasteiger partial charge >= 0.3 is 0 Å². The fraction of sp³-hybridized carbons (Fsp3) is 1.00. The maximum absolute atomic E-state index is 6.99. The maximum Gasteiger partial charge on any atom is 0.0658 e. The van der Waals surface area contributed by atoms with Crippen LogP contribution < -0.4 is 5.84 Å². The summed E-state index contributed by atoms with van der Waals surface area (Å²) in [6.45, 7) is 14.4. The Morgan fingerprint density at radius 3 is 1.81 bits per heavy atom. The van der Waals surface area contributed by atoms with E-state index >= 15 is 0 Å². The SMILES string of the molecule is CCCCCCCCCCCCC(C)(C)CCCC(C)(C)C(OC1CCCCC1)C1CCN(N)CC1. The smallest absolute Gasteiger partial charge is 0.0658 e. The van der Waals surface area contributed by atoms with E-state index in [2.05, 4.69) is 34.6 Å². The Morgan fingerprint density at radius 1 is 0.694 bits per heavy atom. The molecule has 1 unspecified atom stereocenters. The molecule has 0 radical (unpaired) electrons. The maximum atomic E-state index is 6.99. The summed E-state index contributed by atoms with van der Waals surface area (Å²) in [6, 6.07) is 0. The molecule has 0 aromatic carbocycles. The third kappa shape index (κ3) is 13.1. The summed E-state index contributed by atoms with van der Waals surface area (Å²) in [6.07, 6.45) is 29.6. The standard InChI is InChI=1S/C33H66N2O/c1-6-7-8-9-10-11-12-13-14-18-24-32(2,3)25-19-26-33(4,5)31(29-22-27-35(34)28-23-29)36-30-20-16-15-17-21-30/h29-31H,6-28,34H2,1-5H3. The van der Waals surface area contributed by atoms with Crippen LogP contribution in [0.5, 0.6) is 0 Å². The molecule has 0 bridgehead atoms. The molecule has 3 nitrogen and oxygen atoms in total. The lowest BCUT2D eigenvalue weighted by atomic mass is 9.71. The summed E-state index contributed by atoms with van der Waals surface area (Å²) in [5, 5.41) is 2.01. The minimum Gasteiger partial charge on any atom is -0.374 e. The molecule has 0 spiro atoms. The van der Waals surface area contributed by atoms with Crippen LogP contribution in [0.4, 0.5) is 0 Å². The van der Waals surface area contributed by atoms with Crippen molar-refractivity contribution in [2.24, 2.45) is 22.6 Å². The van der Waals surface area contributed by atoms with Gasteiger partial charge in [0.05, 0.1) is 12.2 Å². The Hall–Kier alpha value is -0.120. The van der Waals surface area contributed by atoms with Crippen LogP contribution in [0.25, 0.3) is 0 Å². The molecule has 0 amide bonds. The van der Waals surface area contributed by atoms with Crippen LogP contribution in [-0.2, 0) is 4.74 Å². The Morgan fingerprint density at radius 2 is 1.22 bits per heavy atom. The second-order valence-corrected chi connectivity index (χ2v) is 14.1. The number of rotatable bonds is 19. The van der Waals surface area contributed by atoms with Gasteiger partial charge in [0.2, 0.25) is 0 Å². The molecule has 2 rings (SSSR count). The van der Waals surface area contributed by atoms with Crippen LogP contribution in [-0.4, -0.2) is 30.3 Å². The summed E-state index contributed by atoms with van der Waals surface area (Å²) in [5.74, 6) is 6.77. The third-order valence-electron chi connectivity index (χ3n) is 9.55. The third-order valence-corrected chi connectivity index (χ3v) is 9.55. The lowest BCUT2D eigenvalue weighted by Crippen LogP contribution is -2.47. The minimum atomic E-state index is 0.242. The van der Waals surface area contributed by atoms with Crippen molar-refractivity contribution < 1.29 is 4.74 Å². The lowest BCUT2D eigenvalue weighted by molar-refractivity contribution is -0.124. The first-order chi connectivity index (χ1) is 17.2. The highest BCUT2D eigenvalue weighted by molar-refractivity contribution is 4.89. The normalized spacial score (nSPS) is 20.2. The molecule has 2 N–H and O–H groups in total. The van der Waals surface area contributed by atoms with E-state index in [1.54, 1.807) is 0 Å². The van der Waals surface area contributed by atoms with Crippen molar-refractivity contribution in [1.29, 1.82) is 0 Å². The van der Waals surface area contributed by atoms with Gasteiger partial charge in [0.15, 0.2) is 0 Å². The fourth-order valence-electron chi connectivity index (χ4n) is 6.94. The number of piperidine rings is 1. The highest BCUT2D eigenvalue weighted by atomic mass is 16.5. The molecule has 0 aromatic heterocycles. The number of nitrogens with zero attached hydrogens (tertiary/aromatic N) is 1. The Balaban J connectivity index is 1.70. The predicted octanol–water partition coefficient (Wildman–Crippen LogP) is 9.82. The summed E-state index contributed by atoms with van der Waals surface area (Å²) >= 11 is 0. The van der Waals surface area contributed by atoms with Crippen molar-refractivity contribution in [3.8, 4) is 0 Å². The summed E-state index contributed by atoms with van der Waals surface area (Å²) in [4.78, 5) is 0. The zero-order chi connectivity index (χ0) is 26.3. The zero-order valence-corrected chi connectivity index (χ0v) is 25.4. The number of ether oxygens (including phenoxy) is 1. The molecular weight excluding hydrogens is 440 g/mol. The first kappa shape index (κ1) is 32.1. The van der Waals surface area contributed by atoms with Gasteiger partial charge < -0.3 is 4.74 Å². The average Bonchev–Trinajstić information content (AvgIpc) is 2.84. The van der Waals surface area contributed by atoms with Crippen LogP contribution in [0.3, 0.4) is 0 Å². The van der Waals surface area contributed by atoms with Gasteiger partial charge in [-0.25, -0.2) is 5.01 Å². The molecule has 36 heavy (non-hydrogen) atoms. The van der Waals surface area contributed by atoms with Crippen LogP contribution in [0.15, 0.2) is 0 Å². The molecule has 3 heteroatoms. The molecular formula is C33H66N2O. The molecule has 1 heterocycles. The monoisotopic (exact) mass is 507 g/mol. The van der Waals surface area contributed by atoms with Crippen molar-refractivity contribution in [3.05, 3.63) is 0 Å². The van der Waals surface area contributed by atoms with Gasteiger partial charge in [0, 0.05) is 13.1 Å². The largest absolute Gasteiger partial charge is 0.374 e. The molecule has 1 atom stereocenters. The summed E-state index contributed by atoms with van der Waals surface area (Å²) < 4.78 is 6.99. The highest BCUT2D eigenvalue weighted by Crippen LogP contribution is 2.41. The first-order valence-corrected chi connectivity index (χ1v) is 16.4. The van der Waals surface area contributed by atoms with E-state index in [9.17, 15) is 0 Å². The number of hydrogen-bond donors (Lipinski definition) is 1. The number of nitrogens with two attached hydrogens (primary N) is 1. The Labute approximate surface area is 227 Å². The van der Waals surface area contributed by atoms with E-state index in [0.717, 1.165) is 13.1 Å². The van der Waals surface area contributed by atoms with E-state index in [4.69, 9.17) is 10.6 Å². The molecule has 1 saturated heterocycles. The molecule has 2 fully saturated rings. The van der Waals surface area contributed by atoms with Crippen molar-refractivity contribution >= 4 is 0 Å². The van der Waals surface area contributed by atoms with Crippen LogP contribution in [0.1, 0.15) is 169 Å². The highest BCUT2D eigenvalue weighted by Gasteiger charge is 2.39. The van der Waals surface area contributed by atoms with Gasteiger partial charge in [-0.15, -0.1) is 0 Å². The molecule has 1 saturated carbocycles. The summed E-state index contributed by atoms with van der Waals surface area (Å²) in [7, 11) is 0. The van der Waals surface area contributed by atoms with E-state index in [1.807, 2.05) is 5.01 Å². The van der Waals surface area contributed by atoms with Gasteiger partial charge in [-0.1, -0.05) is 125 Å². The number of unbranched alkanes of at least 4 members (excludes halogenated alkanes) is 9. The van der Waals surface area contributed by atoms with E-state index in [-0.39, 0.29) is 5.41 Å². The second-order valence-electron chi connectivity index (χ2n) is 14.1. The van der Waals surface area contributed by atoms with Crippen molar-refractivity contribution in [2.45, 2.75) is 182 Å². The van der Waals surface area contributed by atoms with Crippen molar-refractivity contribution in [3.63, 3.8) is 0 Å². The van der Waals surface area contributed by atoms with Crippen LogP contribution in [0, 0.1) is 16.7 Å². The van der Waals surface area contributed by atoms with Crippen LogP contribution >= 0.6 is 0 Å². The van der Waals surface area contributed by atoms with E-state index in [1.165, 1.54) is 135 Å². The molecule has 0 aromatic rings. The minimum absolute atomic E-state index is 0.242. The number of hydrazine groups is 1. The van der Waals surface area contributed by atoms with Gasteiger partial charge in [-0.2, -0.15) is 0 Å². The number of hydrogen-bond acceptors (Lipinski definition) is 3. The first-order valence-electron chi connectivity index (χ1n) is 16.4. The fourth-order valence-corrected chi connectivity index (χ4v) is 6.94. The van der Waals surface area contributed by atoms with Crippen molar-refractivity contribution in [1.82, 2.24) is 5.01 Å². The van der Waals surface area contributed by atoms with Gasteiger partial charge in [-0.3, -0.25) is 5.84 Å². The quantitative estimate of drug-likeness (QED) is 0.140. The molecule has 1 aliphatic heterocycles.